The first-order chi connectivity index (χ1) is 8.95. The summed E-state index contributed by atoms with van der Waals surface area (Å²) in [6.45, 7) is 6.31. The van der Waals surface area contributed by atoms with Gasteiger partial charge in [-0.1, -0.05) is 6.92 Å². The molecule has 0 amide bonds. The van der Waals surface area contributed by atoms with E-state index < -0.39 is 0 Å². The van der Waals surface area contributed by atoms with Crippen LogP contribution in [0, 0.1) is 29.9 Å². The highest BCUT2D eigenvalue weighted by Gasteiger charge is 2.14. The lowest BCUT2D eigenvalue weighted by Gasteiger charge is -2.13. The van der Waals surface area contributed by atoms with Gasteiger partial charge in [-0.05, 0) is 44.2 Å². The molecule has 4 nitrogen and oxygen atoms in total. The standard InChI is InChI=1S/C14H20ClNO3/c1-10(4-6-15)5-7-19-14-9-13(16(17)18)11(2)8-12(14)3/h8-10H,4-7H2,1-3H3. The maximum atomic E-state index is 10.9. The van der Waals surface area contributed by atoms with E-state index in [1.54, 1.807) is 13.0 Å². The number of aryl methyl sites for hydroxylation is 2. The number of nitro groups is 1. The van der Waals surface area contributed by atoms with E-state index in [2.05, 4.69) is 6.92 Å². The third-order valence-electron chi connectivity index (χ3n) is 3.16. The first kappa shape index (κ1) is 15.8. The number of hydrogen-bond acceptors (Lipinski definition) is 3. The third kappa shape index (κ3) is 4.71. The van der Waals surface area contributed by atoms with Gasteiger partial charge in [-0.2, -0.15) is 0 Å². The molecule has 0 heterocycles. The predicted molar refractivity (Wildman–Crippen MR) is 77.2 cm³/mol. The second-order valence-corrected chi connectivity index (χ2v) is 5.26. The van der Waals surface area contributed by atoms with Crippen LogP contribution in [-0.2, 0) is 0 Å². The second-order valence-electron chi connectivity index (χ2n) is 4.88. The van der Waals surface area contributed by atoms with Crippen LogP contribution >= 0.6 is 11.6 Å². The summed E-state index contributed by atoms with van der Waals surface area (Å²) in [6.07, 6.45) is 1.85. The van der Waals surface area contributed by atoms with E-state index in [4.69, 9.17) is 16.3 Å². The average Bonchev–Trinajstić information content (AvgIpc) is 2.31. The van der Waals surface area contributed by atoms with Gasteiger partial charge in [-0.3, -0.25) is 10.1 Å². The summed E-state index contributed by atoms with van der Waals surface area (Å²) in [5.41, 5.74) is 1.69. The van der Waals surface area contributed by atoms with Crippen LogP contribution in [0.25, 0.3) is 0 Å². The SMILES string of the molecule is Cc1cc(C)c([N+](=O)[O-])cc1OCCC(C)CCCl. The van der Waals surface area contributed by atoms with E-state index in [0.29, 0.717) is 29.7 Å². The van der Waals surface area contributed by atoms with Gasteiger partial charge in [0.25, 0.3) is 5.69 Å². The van der Waals surface area contributed by atoms with E-state index in [1.807, 2.05) is 6.92 Å². The number of benzene rings is 1. The second kappa shape index (κ2) is 7.34. The smallest absolute Gasteiger partial charge is 0.276 e. The maximum Gasteiger partial charge on any atom is 0.276 e. The van der Waals surface area contributed by atoms with Crippen molar-refractivity contribution >= 4 is 17.3 Å². The normalized spacial score (nSPS) is 12.2. The Kier molecular flexibility index (Phi) is 6.09. The third-order valence-corrected chi connectivity index (χ3v) is 3.38. The Morgan fingerprint density at radius 2 is 2.00 bits per heavy atom. The fourth-order valence-corrected chi connectivity index (χ4v) is 2.25. The summed E-state index contributed by atoms with van der Waals surface area (Å²) < 4.78 is 5.65. The molecule has 0 aliphatic rings. The Morgan fingerprint density at radius 1 is 1.32 bits per heavy atom. The van der Waals surface area contributed by atoms with Crippen molar-refractivity contribution in [3.05, 3.63) is 33.4 Å². The van der Waals surface area contributed by atoms with Crippen molar-refractivity contribution < 1.29 is 9.66 Å². The van der Waals surface area contributed by atoms with E-state index in [1.165, 1.54) is 6.07 Å². The minimum atomic E-state index is -0.377. The molecule has 106 valence electrons. The molecule has 0 aliphatic heterocycles. The number of halogens is 1. The Balaban J connectivity index is 2.68. The van der Waals surface area contributed by atoms with Gasteiger partial charge in [0.15, 0.2) is 0 Å². The fourth-order valence-electron chi connectivity index (χ4n) is 1.87. The highest BCUT2D eigenvalue weighted by molar-refractivity contribution is 6.17. The molecule has 1 unspecified atom stereocenters. The molecule has 1 aromatic rings. The number of ether oxygens (including phenoxy) is 1. The molecule has 0 saturated heterocycles. The zero-order chi connectivity index (χ0) is 14.4. The molecule has 0 aliphatic carbocycles. The Bertz CT molecular complexity index is 449. The first-order valence-electron chi connectivity index (χ1n) is 6.40. The quantitative estimate of drug-likeness (QED) is 0.427. The van der Waals surface area contributed by atoms with Crippen LogP contribution in [0.1, 0.15) is 30.9 Å². The van der Waals surface area contributed by atoms with Crippen molar-refractivity contribution in [1.82, 2.24) is 0 Å². The Hall–Kier alpha value is -1.29. The summed E-state index contributed by atoms with van der Waals surface area (Å²) in [5, 5.41) is 10.9. The lowest BCUT2D eigenvalue weighted by Crippen LogP contribution is -2.06. The van der Waals surface area contributed by atoms with E-state index >= 15 is 0 Å². The maximum absolute atomic E-state index is 10.9. The van der Waals surface area contributed by atoms with E-state index in [0.717, 1.165) is 18.4 Å². The highest BCUT2D eigenvalue weighted by Crippen LogP contribution is 2.28. The molecule has 0 aromatic heterocycles. The van der Waals surface area contributed by atoms with Gasteiger partial charge in [0.2, 0.25) is 0 Å². The number of hydrogen-bond donors (Lipinski definition) is 0. The van der Waals surface area contributed by atoms with E-state index in [9.17, 15) is 10.1 Å². The molecule has 0 N–H and O–H groups in total. The van der Waals surface area contributed by atoms with Crippen LogP contribution in [0.5, 0.6) is 5.75 Å². The summed E-state index contributed by atoms with van der Waals surface area (Å²) >= 11 is 5.67. The summed E-state index contributed by atoms with van der Waals surface area (Å²) in [7, 11) is 0. The average molecular weight is 286 g/mol. The largest absolute Gasteiger partial charge is 0.493 e. The van der Waals surface area contributed by atoms with Crippen molar-refractivity contribution in [3.8, 4) is 5.75 Å². The fraction of sp³-hybridized carbons (Fsp3) is 0.571. The van der Waals surface area contributed by atoms with Crippen molar-refractivity contribution in [3.63, 3.8) is 0 Å². The molecule has 0 saturated carbocycles. The lowest BCUT2D eigenvalue weighted by molar-refractivity contribution is -0.385. The van der Waals surface area contributed by atoms with Gasteiger partial charge in [-0.15, -0.1) is 11.6 Å². The van der Waals surface area contributed by atoms with Crippen molar-refractivity contribution in [1.29, 1.82) is 0 Å². The molecule has 5 heteroatoms. The molecule has 0 spiro atoms. The van der Waals surface area contributed by atoms with Gasteiger partial charge in [0.1, 0.15) is 5.75 Å². The number of rotatable bonds is 7. The van der Waals surface area contributed by atoms with Crippen LogP contribution in [0.15, 0.2) is 12.1 Å². The summed E-state index contributed by atoms with van der Waals surface area (Å²) in [4.78, 5) is 10.5. The van der Waals surface area contributed by atoms with Gasteiger partial charge in [0, 0.05) is 11.4 Å². The monoisotopic (exact) mass is 285 g/mol. The van der Waals surface area contributed by atoms with Crippen LogP contribution in [0.3, 0.4) is 0 Å². The number of nitrogens with zero attached hydrogens (tertiary/aromatic N) is 1. The van der Waals surface area contributed by atoms with Crippen LogP contribution < -0.4 is 4.74 Å². The number of alkyl halides is 1. The highest BCUT2D eigenvalue weighted by atomic mass is 35.5. The predicted octanol–water partition coefficient (Wildman–Crippen LogP) is 4.25. The van der Waals surface area contributed by atoms with Gasteiger partial charge < -0.3 is 4.74 Å². The molecule has 1 aromatic carbocycles. The topological polar surface area (TPSA) is 52.4 Å². The minimum Gasteiger partial charge on any atom is -0.493 e. The first-order valence-corrected chi connectivity index (χ1v) is 6.93. The Morgan fingerprint density at radius 3 is 2.58 bits per heavy atom. The summed E-state index contributed by atoms with van der Waals surface area (Å²) in [6, 6.07) is 3.30. The Labute approximate surface area is 118 Å². The minimum absolute atomic E-state index is 0.106. The van der Waals surface area contributed by atoms with Gasteiger partial charge in [-0.25, -0.2) is 0 Å². The van der Waals surface area contributed by atoms with Crippen LogP contribution in [-0.4, -0.2) is 17.4 Å². The molecule has 1 atom stereocenters. The molecule has 1 rings (SSSR count). The molecular formula is C14H20ClNO3. The van der Waals surface area contributed by atoms with Crippen molar-refractivity contribution in [2.75, 3.05) is 12.5 Å². The summed E-state index contributed by atoms with van der Waals surface area (Å²) in [5.74, 6) is 1.74. The molecule has 19 heavy (non-hydrogen) atoms. The zero-order valence-electron chi connectivity index (χ0n) is 11.6. The van der Waals surface area contributed by atoms with Crippen LogP contribution in [0.4, 0.5) is 5.69 Å². The lowest BCUT2D eigenvalue weighted by atomic mass is 10.1. The molecular weight excluding hydrogens is 266 g/mol. The van der Waals surface area contributed by atoms with Crippen molar-refractivity contribution in [2.45, 2.75) is 33.6 Å². The molecule has 0 fully saturated rings. The molecule has 0 radical (unpaired) electrons. The van der Waals surface area contributed by atoms with Crippen molar-refractivity contribution in [2.24, 2.45) is 5.92 Å². The molecule has 0 bridgehead atoms. The van der Waals surface area contributed by atoms with Gasteiger partial charge in [0.05, 0.1) is 17.6 Å². The van der Waals surface area contributed by atoms with Crippen LogP contribution in [0.2, 0.25) is 0 Å². The zero-order valence-corrected chi connectivity index (χ0v) is 12.4. The van der Waals surface area contributed by atoms with E-state index in [-0.39, 0.29) is 10.6 Å². The van der Waals surface area contributed by atoms with Gasteiger partial charge >= 0.3 is 0 Å². The number of nitro benzene ring substituents is 1.